The molecule has 0 bridgehead atoms. The fraction of sp³-hybridized carbons (Fsp3) is 0. The second-order valence-electron chi connectivity index (χ2n) is 3.23. The Hall–Kier alpha value is -2.23. The van der Waals surface area contributed by atoms with E-state index < -0.39 is 0 Å². The van der Waals surface area contributed by atoms with Crippen LogP contribution in [0.15, 0.2) is 42.6 Å². The predicted octanol–water partition coefficient (Wildman–Crippen LogP) is 2.02. The van der Waals surface area contributed by atoms with Crippen molar-refractivity contribution in [2.45, 2.75) is 0 Å². The molecule has 4 nitrogen and oxygen atoms in total. The van der Waals surface area contributed by atoms with E-state index in [2.05, 4.69) is 20.4 Å². The van der Waals surface area contributed by atoms with Gasteiger partial charge in [0.2, 0.25) is 0 Å². The molecule has 0 aliphatic carbocycles. The lowest BCUT2D eigenvalue weighted by Gasteiger charge is -1.95. The SMILES string of the molecule is c1ccc(-c2n[nH]c3nnccc23)cc1. The third kappa shape index (κ3) is 1.27. The zero-order chi connectivity index (χ0) is 10.1. The summed E-state index contributed by atoms with van der Waals surface area (Å²) < 4.78 is 0. The molecule has 0 radical (unpaired) electrons. The molecule has 0 amide bonds. The van der Waals surface area contributed by atoms with E-state index in [0.717, 1.165) is 22.3 Å². The van der Waals surface area contributed by atoms with Crippen LogP contribution in [0.4, 0.5) is 0 Å². The average molecular weight is 196 g/mol. The highest BCUT2D eigenvalue weighted by molar-refractivity contribution is 5.90. The van der Waals surface area contributed by atoms with Crippen LogP contribution in [0.25, 0.3) is 22.3 Å². The van der Waals surface area contributed by atoms with Gasteiger partial charge in [0.15, 0.2) is 5.65 Å². The number of rotatable bonds is 1. The lowest BCUT2D eigenvalue weighted by atomic mass is 10.1. The van der Waals surface area contributed by atoms with Gasteiger partial charge in [-0.1, -0.05) is 30.3 Å². The molecule has 2 heterocycles. The Morgan fingerprint density at radius 2 is 1.87 bits per heavy atom. The number of nitrogens with zero attached hydrogens (tertiary/aromatic N) is 3. The molecule has 3 aromatic rings. The Bertz CT molecular complexity index is 586. The number of hydrogen-bond acceptors (Lipinski definition) is 3. The first kappa shape index (κ1) is 8.11. The van der Waals surface area contributed by atoms with Crippen LogP contribution in [0.1, 0.15) is 0 Å². The molecule has 0 spiro atoms. The average Bonchev–Trinajstić information content (AvgIpc) is 2.74. The van der Waals surface area contributed by atoms with Crippen LogP contribution in [0.5, 0.6) is 0 Å². The number of benzene rings is 1. The molecule has 72 valence electrons. The maximum absolute atomic E-state index is 4.24. The molecule has 1 N–H and O–H groups in total. The molecule has 15 heavy (non-hydrogen) atoms. The Labute approximate surface area is 86.0 Å². The highest BCUT2D eigenvalue weighted by Crippen LogP contribution is 2.23. The molecule has 2 aromatic heterocycles. The monoisotopic (exact) mass is 196 g/mol. The minimum absolute atomic E-state index is 0.719. The number of aromatic nitrogens is 4. The second kappa shape index (κ2) is 3.16. The molecule has 0 atom stereocenters. The van der Waals surface area contributed by atoms with Gasteiger partial charge in [0.05, 0.1) is 11.6 Å². The molecule has 0 aliphatic rings. The van der Waals surface area contributed by atoms with E-state index in [4.69, 9.17) is 0 Å². The van der Waals surface area contributed by atoms with Crippen LogP contribution in [-0.2, 0) is 0 Å². The Balaban J connectivity index is 2.28. The van der Waals surface area contributed by atoms with E-state index in [1.54, 1.807) is 6.20 Å². The van der Waals surface area contributed by atoms with Gasteiger partial charge in [-0.25, -0.2) is 0 Å². The standard InChI is InChI=1S/C11H8N4/c1-2-4-8(5-3-1)10-9-6-7-12-14-11(9)15-13-10/h1-7H,(H,13,14,15). The summed E-state index contributed by atoms with van der Waals surface area (Å²) in [4.78, 5) is 0. The van der Waals surface area contributed by atoms with E-state index in [9.17, 15) is 0 Å². The zero-order valence-electron chi connectivity index (χ0n) is 7.88. The largest absolute Gasteiger partial charge is 0.259 e. The van der Waals surface area contributed by atoms with Crippen LogP contribution in [0.2, 0.25) is 0 Å². The zero-order valence-corrected chi connectivity index (χ0v) is 7.88. The second-order valence-corrected chi connectivity index (χ2v) is 3.23. The summed E-state index contributed by atoms with van der Waals surface area (Å²) in [7, 11) is 0. The molecule has 3 rings (SSSR count). The van der Waals surface area contributed by atoms with Crippen molar-refractivity contribution in [2.75, 3.05) is 0 Å². The lowest BCUT2D eigenvalue weighted by molar-refractivity contribution is 1.02. The minimum Gasteiger partial charge on any atom is -0.259 e. The Kier molecular flexibility index (Phi) is 1.71. The van der Waals surface area contributed by atoms with Gasteiger partial charge in [0.25, 0.3) is 0 Å². The third-order valence-corrected chi connectivity index (χ3v) is 2.30. The van der Waals surface area contributed by atoms with Gasteiger partial charge >= 0.3 is 0 Å². The number of H-pyrrole nitrogens is 1. The van der Waals surface area contributed by atoms with Crippen molar-refractivity contribution in [1.82, 2.24) is 20.4 Å². The van der Waals surface area contributed by atoms with Crippen LogP contribution < -0.4 is 0 Å². The molecule has 1 aromatic carbocycles. The molecular weight excluding hydrogens is 188 g/mol. The fourth-order valence-corrected chi connectivity index (χ4v) is 1.59. The van der Waals surface area contributed by atoms with E-state index in [1.165, 1.54) is 0 Å². The first-order valence-corrected chi connectivity index (χ1v) is 4.66. The van der Waals surface area contributed by atoms with Gasteiger partial charge in [0.1, 0.15) is 5.69 Å². The van der Waals surface area contributed by atoms with Crippen molar-refractivity contribution in [3.05, 3.63) is 42.6 Å². The van der Waals surface area contributed by atoms with Crippen molar-refractivity contribution in [3.63, 3.8) is 0 Å². The van der Waals surface area contributed by atoms with Gasteiger partial charge in [-0.2, -0.15) is 10.2 Å². The number of nitrogens with one attached hydrogen (secondary N) is 1. The summed E-state index contributed by atoms with van der Waals surface area (Å²) in [6, 6.07) is 11.9. The van der Waals surface area contributed by atoms with Crippen molar-refractivity contribution < 1.29 is 0 Å². The Morgan fingerprint density at radius 3 is 2.73 bits per heavy atom. The molecule has 0 aliphatic heterocycles. The topological polar surface area (TPSA) is 54.5 Å². The van der Waals surface area contributed by atoms with E-state index in [0.29, 0.717) is 0 Å². The molecule has 0 saturated carbocycles. The van der Waals surface area contributed by atoms with Gasteiger partial charge in [-0.05, 0) is 6.07 Å². The van der Waals surface area contributed by atoms with E-state index in [-0.39, 0.29) is 0 Å². The molecule has 4 heteroatoms. The first-order valence-electron chi connectivity index (χ1n) is 4.66. The lowest BCUT2D eigenvalue weighted by Crippen LogP contribution is -1.80. The number of aromatic amines is 1. The fourth-order valence-electron chi connectivity index (χ4n) is 1.59. The first-order chi connectivity index (χ1) is 7.45. The summed E-state index contributed by atoms with van der Waals surface area (Å²) in [6.45, 7) is 0. The van der Waals surface area contributed by atoms with Crippen molar-refractivity contribution in [3.8, 4) is 11.3 Å². The third-order valence-electron chi connectivity index (χ3n) is 2.30. The van der Waals surface area contributed by atoms with Crippen LogP contribution in [0.3, 0.4) is 0 Å². The maximum atomic E-state index is 4.24. The van der Waals surface area contributed by atoms with Crippen LogP contribution >= 0.6 is 0 Å². The molecule has 0 unspecified atom stereocenters. The van der Waals surface area contributed by atoms with E-state index >= 15 is 0 Å². The summed E-state index contributed by atoms with van der Waals surface area (Å²) in [6.07, 6.45) is 1.67. The van der Waals surface area contributed by atoms with Gasteiger partial charge in [-0.15, -0.1) is 5.10 Å². The molecule has 0 saturated heterocycles. The van der Waals surface area contributed by atoms with E-state index in [1.807, 2.05) is 36.4 Å². The summed E-state index contributed by atoms with van der Waals surface area (Å²) in [5.74, 6) is 0. The minimum atomic E-state index is 0.719. The van der Waals surface area contributed by atoms with Crippen LogP contribution in [-0.4, -0.2) is 20.4 Å². The highest BCUT2D eigenvalue weighted by Gasteiger charge is 2.07. The smallest absolute Gasteiger partial charge is 0.178 e. The molecular formula is C11H8N4. The van der Waals surface area contributed by atoms with Crippen molar-refractivity contribution >= 4 is 11.0 Å². The molecule has 0 fully saturated rings. The maximum Gasteiger partial charge on any atom is 0.178 e. The van der Waals surface area contributed by atoms with Crippen LogP contribution in [0, 0.1) is 0 Å². The highest BCUT2D eigenvalue weighted by atomic mass is 15.2. The predicted molar refractivity (Wildman–Crippen MR) is 57.1 cm³/mol. The van der Waals surface area contributed by atoms with Gasteiger partial charge in [0, 0.05) is 5.56 Å². The summed E-state index contributed by atoms with van der Waals surface area (Å²) in [5, 5.41) is 15.9. The summed E-state index contributed by atoms with van der Waals surface area (Å²) >= 11 is 0. The number of fused-ring (bicyclic) bond motifs is 1. The van der Waals surface area contributed by atoms with Crippen molar-refractivity contribution in [1.29, 1.82) is 0 Å². The quantitative estimate of drug-likeness (QED) is 0.647. The van der Waals surface area contributed by atoms with Gasteiger partial charge < -0.3 is 0 Å². The number of hydrogen-bond donors (Lipinski definition) is 1. The van der Waals surface area contributed by atoms with Gasteiger partial charge in [-0.3, -0.25) is 5.10 Å². The normalized spacial score (nSPS) is 10.7. The van der Waals surface area contributed by atoms with Crippen molar-refractivity contribution in [2.24, 2.45) is 0 Å². The summed E-state index contributed by atoms with van der Waals surface area (Å²) in [5.41, 5.74) is 2.72. The Morgan fingerprint density at radius 1 is 1.00 bits per heavy atom.